The molecule has 0 fully saturated rings. The molecule has 0 aromatic heterocycles. The standard InChI is InChI=1S/C29H33FN2O3/c1-3-4-18-31-29(34)26(19-23-11-6-5-7-12-23)32(20-24-14-16-25(30)17-15-24)28(33)21-35-27-13-9-8-10-22(27)2/h5-17,26H,3-4,18-21H2,1-2H3,(H,31,34)/t26-/m0/s1. The normalized spacial score (nSPS) is 11.5. The Morgan fingerprint density at radius 3 is 2.31 bits per heavy atom. The van der Waals surface area contributed by atoms with Crippen LogP contribution in [0.3, 0.4) is 0 Å². The number of carbonyl (C=O) groups excluding carboxylic acids is 2. The first kappa shape index (κ1) is 25.9. The summed E-state index contributed by atoms with van der Waals surface area (Å²) in [6.07, 6.45) is 2.16. The van der Waals surface area contributed by atoms with Gasteiger partial charge in [-0.3, -0.25) is 9.59 Å². The number of amides is 2. The average Bonchev–Trinajstić information content (AvgIpc) is 2.87. The van der Waals surface area contributed by atoms with E-state index in [1.54, 1.807) is 17.0 Å². The molecule has 0 saturated carbocycles. The Labute approximate surface area is 206 Å². The summed E-state index contributed by atoms with van der Waals surface area (Å²) in [6, 6.07) is 22.3. The van der Waals surface area contributed by atoms with Crippen LogP contribution in [0.2, 0.25) is 0 Å². The lowest BCUT2D eigenvalue weighted by atomic mass is 10.0. The van der Waals surface area contributed by atoms with Gasteiger partial charge in [-0.15, -0.1) is 0 Å². The van der Waals surface area contributed by atoms with Crippen LogP contribution in [0, 0.1) is 12.7 Å². The Kier molecular flexibility index (Phi) is 9.84. The number of nitrogens with one attached hydrogen (secondary N) is 1. The Hall–Kier alpha value is -3.67. The van der Waals surface area contributed by atoms with Crippen LogP contribution in [-0.4, -0.2) is 35.9 Å². The van der Waals surface area contributed by atoms with E-state index in [1.165, 1.54) is 12.1 Å². The average molecular weight is 477 g/mol. The summed E-state index contributed by atoms with van der Waals surface area (Å²) in [7, 11) is 0. The van der Waals surface area contributed by atoms with Crippen molar-refractivity contribution in [2.45, 2.75) is 45.7 Å². The van der Waals surface area contributed by atoms with E-state index in [9.17, 15) is 14.0 Å². The minimum absolute atomic E-state index is 0.162. The highest BCUT2D eigenvalue weighted by atomic mass is 19.1. The molecule has 0 aliphatic carbocycles. The van der Waals surface area contributed by atoms with Gasteiger partial charge in [0.1, 0.15) is 17.6 Å². The summed E-state index contributed by atoms with van der Waals surface area (Å²) in [6.45, 7) is 4.46. The summed E-state index contributed by atoms with van der Waals surface area (Å²) in [5, 5.41) is 2.98. The number of carbonyl (C=O) groups is 2. The fraction of sp³-hybridized carbons (Fsp3) is 0.310. The lowest BCUT2D eigenvalue weighted by Crippen LogP contribution is -2.51. The van der Waals surface area contributed by atoms with Crippen LogP contribution in [0.1, 0.15) is 36.5 Å². The second-order valence-electron chi connectivity index (χ2n) is 8.55. The molecule has 2 amide bonds. The lowest BCUT2D eigenvalue weighted by Gasteiger charge is -2.31. The zero-order valence-corrected chi connectivity index (χ0v) is 20.4. The van der Waals surface area contributed by atoms with E-state index in [2.05, 4.69) is 12.2 Å². The molecule has 3 rings (SSSR count). The Balaban J connectivity index is 1.88. The fourth-order valence-corrected chi connectivity index (χ4v) is 3.79. The van der Waals surface area contributed by atoms with Gasteiger partial charge in [-0.05, 0) is 48.2 Å². The summed E-state index contributed by atoms with van der Waals surface area (Å²) in [5.74, 6) is -0.264. The van der Waals surface area contributed by atoms with Crippen molar-refractivity contribution >= 4 is 11.8 Å². The number of benzene rings is 3. The van der Waals surface area contributed by atoms with Crippen molar-refractivity contribution in [1.82, 2.24) is 10.2 Å². The molecule has 0 aliphatic rings. The van der Waals surface area contributed by atoms with Gasteiger partial charge in [0.05, 0.1) is 0 Å². The van der Waals surface area contributed by atoms with E-state index >= 15 is 0 Å². The third kappa shape index (κ3) is 7.95. The number of hydrogen-bond donors (Lipinski definition) is 1. The van der Waals surface area contributed by atoms with Crippen LogP contribution in [0.5, 0.6) is 5.75 Å². The van der Waals surface area contributed by atoms with Gasteiger partial charge in [-0.25, -0.2) is 4.39 Å². The molecule has 0 heterocycles. The first-order valence-electron chi connectivity index (χ1n) is 12.0. The van der Waals surface area contributed by atoms with Crippen LogP contribution in [0.4, 0.5) is 4.39 Å². The van der Waals surface area contributed by atoms with Gasteiger partial charge >= 0.3 is 0 Å². The zero-order valence-electron chi connectivity index (χ0n) is 20.4. The van der Waals surface area contributed by atoms with Gasteiger partial charge in [0.15, 0.2) is 6.61 Å². The molecule has 5 nitrogen and oxygen atoms in total. The smallest absolute Gasteiger partial charge is 0.261 e. The second-order valence-corrected chi connectivity index (χ2v) is 8.55. The van der Waals surface area contributed by atoms with Gasteiger partial charge in [-0.1, -0.05) is 74.0 Å². The predicted molar refractivity (Wildman–Crippen MR) is 135 cm³/mol. The Morgan fingerprint density at radius 1 is 0.943 bits per heavy atom. The molecule has 0 radical (unpaired) electrons. The maximum Gasteiger partial charge on any atom is 0.261 e. The molecule has 0 saturated heterocycles. The van der Waals surface area contributed by atoms with E-state index in [0.29, 0.717) is 18.7 Å². The van der Waals surface area contributed by atoms with E-state index in [4.69, 9.17) is 4.74 Å². The van der Waals surface area contributed by atoms with E-state index in [-0.39, 0.29) is 30.8 Å². The van der Waals surface area contributed by atoms with Gasteiger partial charge in [0.25, 0.3) is 5.91 Å². The van der Waals surface area contributed by atoms with Crippen molar-refractivity contribution in [3.05, 3.63) is 101 Å². The van der Waals surface area contributed by atoms with Gasteiger partial charge in [-0.2, -0.15) is 0 Å². The lowest BCUT2D eigenvalue weighted by molar-refractivity contribution is -0.142. The quantitative estimate of drug-likeness (QED) is 0.372. The third-order valence-electron chi connectivity index (χ3n) is 5.81. The fourth-order valence-electron chi connectivity index (χ4n) is 3.79. The number of halogens is 1. The molecular formula is C29H33FN2O3. The second kappa shape index (κ2) is 13.3. The molecular weight excluding hydrogens is 443 g/mol. The van der Waals surface area contributed by atoms with Crippen LogP contribution in [0.15, 0.2) is 78.9 Å². The number of unbranched alkanes of at least 4 members (excludes halogenated alkanes) is 1. The van der Waals surface area contributed by atoms with E-state index < -0.39 is 6.04 Å². The van der Waals surface area contributed by atoms with E-state index in [1.807, 2.05) is 61.5 Å². The predicted octanol–water partition coefficient (Wildman–Crippen LogP) is 5.07. The monoisotopic (exact) mass is 476 g/mol. The number of nitrogens with zero attached hydrogens (tertiary/aromatic N) is 1. The number of aryl methyl sites for hydroxylation is 1. The Morgan fingerprint density at radius 2 is 1.63 bits per heavy atom. The minimum Gasteiger partial charge on any atom is -0.484 e. The maximum absolute atomic E-state index is 13.5. The van der Waals surface area contributed by atoms with Crippen molar-refractivity contribution in [2.24, 2.45) is 0 Å². The highest BCUT2D eigenvalue weighted by Gasteiger charge is 2.30. The zero-order chi connectivity index (χ0) is 25.0. The topological polar surface area (TPSA) is 58.6 Å². The van der Waals surface area contributed by atoms with E-state index in [0.717, 1.165) is 29.5 Å². The largest absolute Gasteiger partial charge is 0.484 e. The first-order valence-corrected chi connectivity index (χ1v) is 12.0. The summed E-state index contributed by atoms with van der Waals surface area (Å²) >= 11 is 0. The van der Waals surface area contributed by atoms with Gasteiger partial charge in [0, 0.05) is 19.5 Å². The minimum atomic E-state index is -0.743. The van der Waals surface area contributed by atoms with Crippen molar-refractivity contribution < 1.29 is 18.7 Å². The molecule has 0 aliphatic heterocycles. The van der Waals surface area contributed by atoms with Gasteiger partial charge in [0.2, 0.25) is 5.91 Å². The first-order chi connectivity index (χ1) is 17.0. The highest BCUT2D eigenvalue weighted by molar-refractivity contribution is 5.88. The van der Waals surface area contributed by atoms with Crippen molar-refractivity contribution in [3.8, 4) is 5.75 Å². The maximum atomic E-state index is 13.5. The molecule has 6 heteroatoms. The molecule has 0 spiro atoms. The number of para-hydroxylation sites is 1. The van der Waals surface area contributed by atoms with Crippen molar-refractivity contribution in [3.63, 3.8) is 0 Å². The highest BCUT2D eigenvalue weighted by Crippen LogP contribution is 2.19. The molecule has 1 N–H and O–H groups in total. The van der Waals surface area contributed by atoms with Crippen molar-refractivity contribution in [1.29, 1.82) is 0 Å². The van der Waals surface area contributed by atoms with Crippen molar-refractivity contribution in [2.75, 3.05) is 13.2 Å². The van der Waals surface area contributed by atoms with Gasteiger partial charge < -0.3 is 15.0 Å². The summed E-state index contributed by atoms with van der Waals surface area (Å²) in [4.78, 5) is 28.4. The molecule has 3 aromatic rings. The van der Waals surface area contributed by atoms with Crippen LogP contribution < -0.4 is 10.1 Å². The molecule has 3 aromatic carbocycles. The third-order valence-corrected chi connectivity index (χ3v) is 5.81. The van der Waals surface area contributed by atoms with Crippen LogP contribution >= 0.6 is 0 Å². The summed E-state index contributed by atoms with van der Waals surface area (Å²) < 4.78 is 19.3. The molecule has 35 heavy (non-hydrogen) atoms. The summed E-state index contributed by atoms with van der Waals surface area (Å²) in [5.41, 5.74) is 2.60. The molecule has 1 atom stereocenters. The molecule has 0 unspecified atom stereocenters. The van der Waals surface area contributed by atoms with Crippen LogP contribution in [-0.2, 0) is 22.6 Å². The molecule has 0 bridgehead atoms. The number of hydrogen-bond acceptors (Lipinski definition) is 3. The Bertz CT molecular complexity index is 1090. The number of ether oxygens (including phenoxy) is 1. The SMILES string of the molecule is CCCCNC(=O)[C@H](Cc1ccccc1)N(Cc1ccc(F)cc1)C(=O)COc1ccccc1C. The van der Waals surface area contributed by atoms with Crippen LogP contribution in [0.25, 0.3) is 0 Å². The number of rotatable bonds is 12. The molecule has 184 valence electrons.